The molecule has 128 valence electrons. The monoisotopic (exact) mass is 336 g/mol. The minimum atomic E-state index is -0.909. The van der Waals surface area contributed by atoms with Crippen LogP contribution in [-0.2, 0) is 4.74 Å². The third kappa shape index (κ3) is 4.84. The molecule has 2 aromatic carbocycles. The Balaban J connectivity index is 2.15. The second kappa shape index (κ2) is 6.74. The van der Waals surface area contributed by atoms with Crippen LogP contribution in [0.3, 0.4) is 0 Å². The summed E-state index contributed by atoms with van der Waals surface area (Å²) < 4.78 is 37.2. The molecule has 0 atom stereocenters. The molecule has 2 rings (SSSR count). The van der Waals surface area contributed by atoms with Crippen molar-refractivity contribution >= 4 is 17.5 Å². The van der Waals surface area contributed by atoms with Crippen LogP contribution in [0.4, 0.5) is 25.0 Å². The Hall–Kier alpha value is -2.83. The molecular formula is C17H18F2N2O3. The van der Waals surface area contributed by atoms with Gasteiger partial charge in [-0.15, -0.1) is 0 Å². The molecular weight excluding hydrogens is 318 g/mol. The van der Waals surface area contributed by atoms with E-state index in [0.717, 1.165) is 6.07 Å². The number of nitrogen functional groups attached to an aromatic ring is 1. The summed E-state index contributed by atoms with van der Waals surface area (Å²) >= 11 is 0. The fourth-order valence-corrected chi connectivity index (χ4v) is 1.83. The number of carbonyl (C=O) groups is 1. The van der Waals surface area contributed by atoms with E-state index < -0.39 is 23.3 Å². The number of anilines is 2. The molecule has 0 aromatic heterocycles. The van der Waals surface area contributed by atoms with Crippen molar-refractivity contribution < 1.29 is 23.0 Å². The first-order chi connectivity index (χ1) is 11.1. The maximum atomic E-state index is 13.4. The van der Waals surface area contributed by atoms with Crippen LogP contribution in [0.5, 0.6) is 11.5 Å². The Kier molecular flexibility index (Phi) is 4.92. The van der Waals surface area contributed by atoms with Gasteiger partial charge in [-0.25, -0.2) is 13.6 Å². The van der Waals surface area contributed by atoms with Gasteiger partial charge in [-0.2, -0.15) is 0 Å². The van der Waals surface area contributed by atoms with Crippen LogP contribution in [0.1, 0.15) is 20.8 Å². The summed E-state index contributed by atoms with van der Waals surface area (Å²) in [6, 6.07) is 7.91. The lowest BCUT2D eigenvalue weighted by atomic mass is 10.2. The van der Waals surface area contributed by atoms with Crippen molar-refractivity contribution in [2.75, 3.05) is 11.1 Å². The highest BCUT2D eigenvalue weighted by atomic mass is 19.1. The molecule has 5 nitrogen and oxygen atoms in total. The van der Waals surface area contributed by atoms with Gasteiger partial charge in [-0.3, -0.25) is 5.32 Å². The van der Waals surface area contributed by atoms with Gasteiger partial charge in [0.15, 0.2) is 11.6 Å². The number of benzene rings is 2. The average Bonchev–Trinajstić information content (AvgIpc) is 2.42. The minimum Gasteiger partial charge on any atom is -0.455 e. The second-order valence-corrected chi connectivity index (χ2v) is 6.06. The van der Waals surface area contributed by atoms with Crippen molar-refractivity contribution in [3.63, 3.8) is 0 Å². The lowest BCUT2D eigenvalue weighted by Gasteiger charge is -2.19. The molecule has 0 aliphatic heterocycles. The van der Waals surface area contributed by atoms with Crippen LogP contribution in [-0.4, -0.2) is 11.7 Å². The predicted octanol–water partition coefficient (Wildman–Crippen LogP) is 4.69. The van der Waals surface area contributed by atoms with Crippen molar-refractivity contribution in [3.05, 3.63) is 48.0 Å². The van der Waals surface area contributed by atoms with Gasteiger partial charge in [0, 0.05) is 23.9 Å². The van der Waals surface area contributed by atoms with E-state index in [0.29, 0.717) is 11.8 Å². The van der Waals surface area contributed by atoms with Crippen molar-refractivity contribution in [1.29, 1.82) is 0 Å². The quantitative estimate of drug-likeness (QED) is 0.798. The topological polar surface area (TPSA) is 73.6 Å². The molecule has 0 radical (unpaired) electrons. The van der Waals surface area contributed by atoms with E-state index in [1.54, 1.807) is 39.0 Å². The maximum Gasteiger partial charge on any atom is 0.412 e. The number of hydrogen-bond acceptors (Lipinski definition) is 4. The van der Waals surface area contributed by atoms with Crippen molar-refractivity contribution in [1.82, 2.24) is 0 Å². The fourth-order valence-electron chi connectivity index (χ4n) is 1.83. The molecule has 0 bridgehead atoms. The molecule has 3 N–H and O–H groups in total. The number of halogens is 2. The van der Waals surface area contributed by atoms with Crippen LogP contribution in [0.2, 0.25) is 0 Å². The van der Waals surface area contributed by atoms with Gasteiger partial charge < -0.3 is 15.2 Å². The highest BCUT2D eigenvalue weighted by molar-refractivity contribution is 5.85. The van der Waals surface area contributed by atoms with E-state index in [-0.39, 0.29) is 17.2 Å². The summed E-state index contributed by atoms with van der Waals surface area (Å²) in [5, 5.41) is 2.54. The molecule has 0 aliphatic rings. The summed E-state index contributed by atoms with van der Waals surface area (Å²) in [6.07, 6.45) is -0.629. The average molecular weight is 336 g/mol. The van der Waals surface area contributed by atoms with Crippen LogP contribution in [0.25, 0.3) is 0 Å². The Bertz CT molecular complexity index is 758. The number of ether oxygens (including phenoxy) is 2. The van der Waals surface area contributed by atoms with Gasteiger partial charge >= 0.3 is 6.09 Å². The van der Waals surface area contributed by atoms with E-state index in [4.69, 9.17) is 15.2 Å². The van der Waals surface area contributed by atoms with Gasteiger partial charge in [0.05, 0.1) is 0 Å². The smallest absolute Gasteiger partial charge is 0.412 e. The highest BCUT2D eigenvalue weighted by Crippen LogP contribution is 2.31. The van der Waals surface area contributed by atoms with Crippen molar-refractivity contribution in [2.24, 2.45) is 0 Å². The number of hydrogen-bond donors (Lipinski definition) is 2. The first-order valence-electron chi connectivity index (χ1n) is 7.16. The normalized spacial score (nSPS) is 11.0. The van der Waals surface area contributed by atoms with E-state index in [1.165, 1.54) is 6.07 Å². The standard InChI is InChI=1S/C17H18F2N2O3/c1-17(2,3)24-16(22)21-11-5-4-6-12(9-11)23-14-8-10(18)7-13(19)15(14)20/h4-9H,20H2,1-3H3,(H,21,22). The Morgan fingerprint density at radius 1 is 1.17 bits per heavy atom. The van der Waals surface area contributed by atoms with Crippen molar-refractivity contribution in [2.45, 2.75) is 26.4 Å². The Morgan fingerprint density at radius 3 is 2.54 bits per heavy atom. The zero-order valence-electron chi connectivity index (χ0n) is 13.5. The van der Waals surface area contributed by atoms with Gasteiger partial charge in [0.2, 0.25) is 0 Å². The number of amides is 1. The zero-order valence-corrected chi connectivity index (χ0v) is 13.5. The zero-order chi connectivity index (χ0) is 17.9. The first-order valence-corrected chi connectivity index (χ1v) is 7.16. The van der Waals surface area contributed by atoms with Crippen LogP contribution in [0, 0.1) is 11.6 Å². The molecule has 7 heteroatoms. The van der Waals surface area contributed by atoms with Gasteiger partial charge in [-0.05, 0) is 32.9 Å². The number of nitrogens with two attached hydrogens (primary N) is 1. The van der Waals surface area contributed by atoms with Crippen LogP contribution in [0.15, 0.2) is 36.4 Å². The molecule has 0 aliphatic carbocycles. The Labute approximate surface area is 138 Å². The minimum absolute atomic E-state index is 0.151. The lowest BCUT2D eigenvalue weighted by Crippen LogP contribution is -2.27. The molecule has 0 fully saturated rings. The summed E-state index contributed by atoms with van der Waals surface area (Å²) in [6.45, 7) is 5.23. The van der Waals surface area contributed by atoms with Crippen molar-refractivity contribution in [3.8, 4) is 11.5 Å². The molecule has 0 spiro atoms. The van der Waals surface area contributed by atoms with E-state index in [9.17, 15) is 13.6 Å². The third-order valence-corrected chi connectivity index (χ3v) is 2.76. The number of nitrogens with one attached hydrogen (secondary N) is 1. The van der Waals surface area contributed by atoms with E-state index in [1.807, 2.05) is 0 Å². The van der Waals surface area contributed by atoms with Gasteiger partial charge in [-0.1, -0.05) is 6.07 Å². The lowest BCUT2D eigenvalue weighted by molar-refractivity contribution is 0.0636. The SMILES string of the molecule is CC(C)(C)OC(=O)Nc1cccc(Oc2cc(F)cc(F)c2N)c1. The summed E-state index contributed by atoms with van der Waals surface area (Å²) in [5.41, 5.74) is 4.99. The number of rotatable bonds is 3. The molecule has 0 saturated carbocycles. The fraction of sp³-hybridized carbons (Fsp3) is 0.235. The largest absolute Gasteiger partial charge is 0.455 e. The molecule has 2 aromatic rings. The molecule has 1 amide bonds. The highest BCUT2D eigenvalue weighted by Gasteiger charge is 2.16. The maximum absolute atomic E-state index is 13.4. The summed E-state index contributed by atoms with van der Waals surface area (Å²) in [4.78, 5) is 11.7. The van der Waals surface area contributed by atoms with Gasteiger partial charge in [0.25, 0.3) is 0 Å². The number of carbonyl (C=O) groups excluding carboxylic acids is 1. The van der Waals surface area contributed by atoms with E-state index in [2.05, 4.69) is 5.32 Å². The van der Waals surface area contributed by atoms with Crippen LogP contribution >= 0.6 is 0 Å². The summed E-state index contributed by atoms with van der Waals surface area (Å²) in [7, 11) is 0. The molecule has 0 saturated heterocycles. The molecule has 0 heterocycles. The first kappa shape index (κ1) is 17.5. The molecule has 24 heavy (non-hydrogen) atoms. The van der Waals surface area contributed by atoms with Crippen LogP contribution < -0.4 is 15.8 Å². The summed E-state index contributed by atoms with van der Waals surface area (Å²) in [5.74, 6) is -1.62. The third-order valence-electron chi connectivity index (χ3n) is 2.76. The molecule has 0 unspecified atom stereocenters. The predicted molar refractivity (Wildman–Crippen MR) is 87.1 cm³/mol. The second-order valence-electron chi connectivity index (χ2n) is 6.06. The van der Waals surface area contributed by atoms with E-state index >= 15 is 0 Å². The Morgan fingerprint density at radius 2 is 1.88 bits per heavy atom. The van der Waals surface area contributed by atoms with Gasteiger partial charge in [0.1, 0.15) is 22.9 Å².